The number of imide groups is 1. The number of hydrogen-bond acceptors (Lipinski definition) is 4. The molecule has 1 atom stereocenters. The van der Waals surface area contributed by atoms with Gasteiger partial charge >= 0.3 is 6.09 Å². The summed E-state index contributed by atoms with van der Waals surface area (Å²) in [6, 6.07) is 9.98. The van der Waals surface area contributed by atoms with Crippen LogP contribution in [0.4, 0.5) is 4.79 Å². The maximum atomic E-state index is 12.8. The fraction of sp³-hybridized carbons (Fsp3) is 0.423. The van der Waals surface area contributed by atoms with Gasteiger partial charge < -0.3 is 14.8 Å². The number of nitrogens with one attached hydrogen (secondary N) is 1. The van der Waals surface area contributed by atoms with E-state index in [1.807, 2.05) is 26.0 Å². The summed E-state index contributed by atoms with van der Waals surface area (Å²) < 4.78 is 6.46. The van der Waals surface area contributed by atoms with Crippen LogP contribution in [0.15, 0.2) is 36.4 Å². The Morgan fingerprint density at radius 1 is 1.06 bits per heavy atom. The zero-order valence-electron chi connectivity index (χ0n) is 21.0. The van der Waals surface area contributed by atoms with Crippen LogP contribution < -0.4 is 9.74 Å². The lowest BCUT2D eigenvalue weighted by Gasteiger charge is -2.36. The molecule has 1 aliphatic heterocycles. The molecule has 2 aromatic carbocycles. The first-order chi connectivity index (χ1) is 15.7. The molecule has 3 rings (SSSR count). The molecule has 0 saturated heterocycles. The van der Waals surface area contributed by atoms with E-state index in [2.05, 4.69) is 39.2 Å². The van der Waals surface area contributed by atoms with Gasteiger partial charge in [-0.3, -0.25) is 14.5 Å². The van der Waals surface area contributed by atoms with Crippen LogP contribution in [0.3, 0.4) is 0 Å². The molecule has 1 heterocycles. The highest BCUT2D eigenvalue weighted by Crippen LogP contribution is 2.38. The van der Waals surface area contributed by atoms with Crippen LogP contribution in [0.5, 0.6) is 5.75 Å². The summed E-state index contributed by atoms with van der Waals surface area (Å²) in [4.78, 5) is 38.2. The number of carbonyl (C=O) groups excluding carboxylic acids is 2. The zero-order valence-corrected chi connectivity index (χ0v) is 22.0. The molecule has 0 aromatic heterocycles. The predicted octanol–water partition coefficient (Wildman–Crippen LogP) is 5.16. The van der Waals surface area contributed by atoms with Crippen LogP contribution in [-0.4, -0.2) is 48.8 Å². The van der Waals surface area contributed by atoms with Gasteiger partial charge in [0.1, 0.15) is 5.75 Å². The van der Waals surface area contributed by atoms with Crippen molar-refractivity contribution in [1.82, 2.24) is 10.2 Å². The number of rotatable bonds is 7. The highest BCUT2D eigenvalue weighted by molar-refractivity contribution is 6.74. The standard InChI is InChI=1S/C26H34N2O5Si/c1-16-12-19(33-34(6,7)26(3,4)5)13-17(2)22(16)14-18(27-25(31)32)15-28-23(29)20-10-8-9-11-21(20)24(28)30/h8-13,18,27H,14-15H2,1-7H3,(H,31,32). The summed E-state index contributed by atoms with van der Waals surface area (Å²) in [5.74, 6) is 0.0159. The van der Waals surface area contributed by atoms with Crippen molar-refractivity contribution in [1.29, 1.82) is 0 Å². The number of aryl methyl sites for hydroxylation is 2. The van der Waals surface area contributed by atoms with Crippen molar-refractivity contribution in [2.24, 2.45) is 0 Å². The van der Waals surface area contributed by atoms with Crippen LogP contribution in [-0.2, 0) is 6.42 Å². The third-order valence-electron chi connectivity index (χ3n) is 6.91. The van der Waals surface area contributed by atoms with Crippen molar-refractivity contribution in [3.8, 4) is 5.75 Å². The van der Waals surface area contributed by atoms with Gasteiger partial charge in [-0.1, -0.05) is 32.9 Å². The summed E-state index contributed by atoms with van der Waals surface area (Å²) in [6.45, 7) is 14.9. The molecule has 1 unspecified atom stereocenters. The molecule has 0 spiro atoms. The molecular weight excluding hydrogens is 448 g/mol. The van der Waals surface area contributed by atoms with Gasteiger partial charge in [-0.05, 0) is 79.4 Å². The average molecular weight is 483 g/mol. The molecule has 0 bridgehead atoms. The number of nitrogens with zero attached hydrogens (tertiary/aromatic N) is 1. The second-order valence-electron chi connectivity index (χ2n) is 10.5. The third kappa shape index (κ3) is 5.17. The minimum atomic E-state index is -2.01. The van der Waals surface area contributed by atoms with E-state index in [4.69, 9.17) is 4.43 Å². The molecule has 182 valence electrons. The molecule has 3 amide bonds. The van der Waals surface area contributed by atoms with E-state index in [0.717, 1.165) is 27.3 Å². The summed E-state index contributed by atoms with van der Waals surface area (Å²) >= 11 is 0. The van der Waals surface area contributed by atoms with Gasteiger partial charge in [-0.2, -0.15) is 0 Å². The van der Waals surface area contributed by atoms with Crippen LogP contribution in [0.2, 0.25) is 18.1 Å². The SMILES string of the molecule is Cc1cc(O[Si](C)(C)C(C)(C)C)cc(C)c1CC(CN1C(=O)c2ccccc2C1=O)NC(=O)O. The zero-order chi connectivity index (χ0) is 25.4. The van der Waals surface area contributed by atoms with Gasteiger partial charge in [0.15, 0.2) is 0 Å². The Labute approximate surface area is 202 Å². The molecular formula is C26H34N2O5Si. The summed E-state index contributed by atoms with van der Waals surface area (Å²) in [5, 5.41) is 12.0. The topological polar surface area (TPSA) is 95.9 Å². The minimum Gasteiger partial charge on any atom is -0.543 e. The van der Waals surface area contributed by atoms with Crippen LogP contribution in [0.1, 0.15) is 58.2 Å². The second kappa shape index (κ2) is 9.25. The normalized spacial score (nSPS) is 14.7. The van der Waals surface area contributed by atoms with E-state index in [1.165, 1.54) is 0 Å². The van der Waals surface area contributed by atoms with E-state index < -0.39 is 32.3 Å². The van der Waals surface area contributed by atoms with Gasteiger partial charge in [0.05, 0.1) is 23.7 Å². The highest BCUT2D eigenvalue weighted by atomic mass is 28.4. The molecule has 0 aliphatic carbocycles. The smallest absolute Gasteiger partial charge is 0.404 e. The van der Waals surface area contributed by atoms with E-state index >= 15 is 0 Å². The number of carbonyl (C=O) groups is 3. The summed E-state index contributed by atoms with van der Waals surface area (Å²) in [7, 11) is -2.01. The maximum Gasteiger partial charge on any atom is 0.404 e. The van der Waals surface area contributed by atoms with E-state index in [0.29, 0.717) is 17.5 Å². The predicted molar refractivity (Wildman–Crippen MR) is 134 cm³/mol. The quantitative estimate of drug-likeness (QED) is 0.420. The first-order valence-corrected chi connectivity index (χ1v) is 14.4. The molecule has 0 fully saturated rings. The Kier molecular flexibility index (Phi) is 6.94. The summed E-state index contributed by atoms with van der Waals surface area (Å²) in [5.41, 5.74) is 3.63. The molecule has 1 aliphatic rings. The van der Waals surface area contributed by atoms with Crippen molar-refractivity contribution in [2.45, 2.75) is 65.2 Å². The minimum absolute atomic E-state index is 0.0419. The largest absolute Gasteiger partial charge is 0.543 e. The molecule has 7 nitrogen and oxygen atoms in total. The van der Waals surface area contributed by atoms with Gasteiger partial charge in [0.2, 0.25) is 8.32 Å². The van der Waals surface area contributed by atoms with Gasteiger partial charge in [0.25, 0.3) is 11.8 Å². The van der Waals surface area contributed by atoms with Gasteiger partial charge in [-0.25, -0.2) is 4.79 Å². The van der Waals surface area contributed by atoms with Crippen LogP contribution in [0.25, 0.3) is 0 Å². The van der Waals surface area contributed by atoms with E-state index in [-0.39, 0.29) is 11.6 Å². The fourth-order valence-electron chi connectivity index (χ4n) is 3.99. The molecule has 0 radical (unpaired) electrons. The number of carboxylic acid groups (broad SMARTS) is 1. The molecule has 2 N–H and O–H groups in total. The monoisotopic (exact) mass is 482 g/mol. The third-order valence-corrected chi connectivity index (χ3v) is 11.3. The first kappa shape index (κ1) is 25.5. The Morgan fingerprint density at radius 3 is 2.00 bits per heavy atom. The number of benzene rings is 2. The van der Waals surface area contributed by atoms with E-state index in [9.17, 15) is 19.5 Å². The van der Waals surface area contributed by atoms with Crippen molar-refractivity contribution in [3.63, 3.8) is 0 Å². The molecule has 2 aromatic rings. The highest BCUT2D eigenvalue weighted by Gasteiger charge is 2.39. The Bertz CT molecular complexity index is 1080. The van der Waals surface area contributed by atoms with Crippen molar-refractivity contribution < 1.29 is 23.9 Å². The van der Waals surface area contributed by atoms with Crippen molar-refractivity contribution in [2.75, 3.05) is 6.54 Å². The van der Waals surface area contributed by atoms with Crippen LogP contribution in [0, 0.1) is 13.8 Å². The molecule has 34 heavy (non-hydrogen) atoms. The second-order valence-corrected chi connectivity index (χ2v) is 15.2. The number of fused-ring (bicyclic) bond motifs is 1. The Hall–Kier alpha value is -3.13. The van der Waals surface area contributed by atoms with E-state index in [1.54, 1.807) is 24.3 Å². The fourth-order valence-corrected chi connectivity index (χ4v) is 5.00. The van der Waals surface area contributed by atoms with Gasteiger partial charge in [0, 0.05) is 0 Å². The van der Waals surface area contributed by atoms with Crippen molar-refractivity contribution in [3.05, 3.63) is 64.2 Å². The lowest BCUT2D eigenvalue weighted by molar-refractivity contribution is 0.0636. The van der Waals surface area contributed by atoms with Crippen molar-refractivity contribution >= 4 is 26.2 Å². The lowest BCUT2D eigenvalue weighted by atomic mass is 9.95. The van der Waals surface area contributed by atoms with Gasteiger partial charge in [-0.15, -0.1) is 0 Å². The van der Waals surface area contributed by atoms with Crippen LogP contribution >= 0.6 is 0 Å². The summed E-state index contributed by atoms with van der Waals surface area (Å²) in [6.07, 6.45) is -0.854. The average Bonchev–Trinajstić information content (AvgIpc) is 2.94. The number of hydrogen-bond donors (Lipinski definition) is 2. The molecule has 8 heteroatoms. The lowest BCUT2D eigenvalue weighted by Crippen LogP contribution is -2.46. The molecule has 0 saturated carbocycles. The first-order valence-electron chi connectivity index (χ1n) is 11.4. The maximum absolute atomic E-state index is 12.8. The Balaban J connectivity index is 1.84. The number of amides is 3. The Morgan fingerprint density at radius 2 is 1.56 bits per heavy atom.